The molecule has 2 aromatic carbocycles. The zero-order valence-corrected chi connectivity index (χ0v) is 18.9. The highest BCUT2D eigenvalue weighted by Gasteiger charge is 2.37. The first kappa shape index (κ1) is 22.3. The molecule has 0 radical (unpaired) electrons. The van der Waals surface area contributed by atoms with Gasteiger partial charge in [-0.2, -0.15) is 0 Å². The number of pyridine rings is 1. The number of ether oxygens (including phenoxy) is 2. The van der Waals surface area contributed by atoms with Gasteiger partial charge in [0, 0.05) is 11.9 Å². The van der Waals surface area contributed by atoms with Crippen LogP contribution in [0.4, 0.5) is 5.82 Å². The molecule has 4 rings (SSSR count). The van der Waals surface area contributed by atoms with Gasteiger partial charge < -0.3 is 25.4 Å². The normalized spacial score (nSPS) is 17.5. The number of nitrogens with one attached hydrogen (secondary N) is 3. The number of nitrogens with zero attached hydrogens (tertiary/aromatic N) is 1. The number of hydrogen-bond acceptors (Lipinski definition) is 5. The van der Waals surface area contributed by atoms with Crippen molar-refractivity contribution in [2.24, 2.45) is 5.92 Å². The summed E-state index contributed by atoms with van der Waals surface area (Å²) in [5.74, 6) is 0.728. The number of methoxy groups -OCH3 is 1. The van der Waals surface area contributed by atoms with Gasteiger partial charge in [0.25, 0.3) is 0 Å². The first-order valence-corrected chi connectivity index (χ1v) is 10.8. The lowest BCUT2D eigenvalue weighted by atomic mass is 9.88. The Morgan fingerprint density at radius 2 is 1.91 bits per heavy atom. The molecule has 0 aliphatic carbocycles. The van der Waals surface area contributed by atoms with Gasteiger partial charge in [-0.25, -0.2) is 4.98 Å². The molecule has 1 aliphatic heterocycles. The number of hydrogen-bond donors (Lipinski definition) is 3. The molecule has 2 unspecified atom stereocenters. The molecule has 1 saturated heterocycles. The maximum atomic E-state index is 13.2. The lowest BCUT2D eigenvalue weighted by Gasteiger charge is -2.35. The van der Waals surface area contributed by atoms with Crippen molar-refractivity contribution >= 4 is 29.1 Å². The minimum Gasteiger partial charge on any atom is -0.493 e. The maximum Gasteiger partial charge on any atom is 0.237 e. The van der Waals surface area contributed by atoms with E-state index >= 15 is 0 Å². The highest BCUT2D eigenvalue weighted by atomic mass is 32.1. The third kappa shape index (κ3) is 5.30. The summed E-state index contributed by atoms with van der Waals surface area (Å²) >= 11 is 5.34. The topological polar surface area (TPSA) is 84.5 Å². The monoisotopic (exact) mass is 460 g/mol. The molecular formula is C25H24N4O3S. The zero-order chi connectivity index (χ0) is 23.2. The Kier molecular flexibility index (Phi) is 6.85. The lowest BCUT2D eigenvalue weighted by molar-refractivity contribution is -0.119. The SMILES string of the molecule is C=C1NC(=S)NC(c2ccc(OC)c(OCc3ccccc3)c2)C1C(=O)Nc1ccccn1. The minimum absolute atomic E-state index is 0.256. The second kappa shape index (κ2) is 10.1. The minimum atomic E-state index is -0.644. The van der Waals surface area contributed by atoms with Crippen LogP contribution < -0.4 is 25.4 Å². The van der Waals surface area contributed by atoms with Gasteiger partial charge >= 0.3 is 0 Å². The Balaban J connectivity index is 1.61. The van der Waals surface area contributed by atoms with E-state index < -0.39 is 12.0 Å². The first-order valence-electron chi connectivity index (χ1n) is 10.4. The number of amides is 1. The van der Waals surface area contributed by atoms with E-state index in [0.717, 1.165) is 11.1 Å². The summed E-state index contributed by atoms with van der Waals surface area (Å²) in [4.78, 5) is 17.4. The average Bonchev–Trinajstić information content (AvgIpc) is 2.83. The molecule has 0 saturated carbocycles. The van der Waals surface area contributed by atoms with Gasteiger partial charge in [-0.3, -0.25) is 4.79 Å². The van der Waals surface area contributed by atoms with Gasteiger partial charge in [0.1, 0.15) is 18.3 Å². The fraction of sp³-hybridized carbons (Fsp3) is 0.160. The van der Waals surface area contributed by atoms with Crippen LogP contribution in [0.2, 0.25) is 0 Å². The standard InChI is InChI=1S/C25H24N4O3S/c1-16-22(24(30)28-21-10-6-7-13-26-21)23(29-25(33)27-16)18-11-12-19(31-2)20(14-18)32-15-17-8-4-3-5-9-17/h3-14,22-23H,1,15H2,2H3,(H,26,28,30)(H2,27,29,33). The molecule has 2 atom stereocenters. The fourth-order valence-corrected chi connectivity index (χ4v) is 3.90. The van der Waals surface area contributed by atoms with Crippen LogP contribution in [-0.2, 0) is 11.4 Å². The number of benzene rings is 2. The average molecular weight is 461 g/mol. The molecule has 0 spiro atoms. The van der Waals surface area contributed by atoms with Gasteiger partial charge in [0.05, 0.1) is 13.2 Å². The van der Waals surface area contributed by atoms with E-state index in [0.29, 0.717) is 34.7 Å². The molecule has 168 valence electrons. The third-order valence-corrected chi connectivity index (χ3v) is 5.47. The number of aromatic nitrogens is 1. The largest absolute Gasteiger partial charge is 0.493 e. The van der Waals surface area contributed by atoms with Crippen molar-refractivity contribution in [3.63, 3.8) is 0 Å². The Morgan fingerprint density at radius 1 is 1.12 bits per heavy atom. The number of carbonyl (C=O) groups is 1. The molecule has 1 amide bonds. The summed E-state index contributed by atoms with van der Waals surface area (Å²) in [7, 11) is 1.59. The summed E-state index contributed by atoms with van der Waals surface area (Å²) in [6.45, 7) is 4.42. The van der Waals surface area contributed by atoms with Crippen LogP contribution in [0.15, 0.2) is 85.2 Å². The van der Waals surface area contributed by atoms with Crippen molar-refractivity contribution in [2.75, 3.05) is 12.4 Å². The predicted molar refractivity (Wildman–Crippen MR) is 131 cm³/mol. The van der Waals surface area contributed by atoms with Gasteiger partial charge in [0.2, 0.25) is 5.91 Å². The van der Waals surface area contributed by atoms with Crippen LogP contribution in [0, 0.1) is 5.92 Å². The Hall–Kier alpha value is -3.91. The van der Waals surface area contributed by atoms with Crippen molar-refractivity contribution in [1.82, 2.24) is 15.6 Å². The van der Waals surface area contributed by atoms with E-state index in [9.17, 15) is 4.79 Å². The first-order chi connectivity index (χ1) is 16.0. The highest BCUT2D eigenvalue weighted by Crippen LogP contribution is 2.36. The molecular weight excluding hydrogens is 436 g/mol. The van der Waals surface area contributed by atoms with Gasteiger partial charge in [-0.05, 0) is 47.6 Å². The summed E-state index contributed by atoms with van der Waals surface area (Å²) in [6, 6.07) is 20.3. The summed E-state index contributed by atoms with van der Waals surface area (Å²) in [6.07, 6.45) is 1.62. The highest BCUT2D eigenvalue weighted by molar-refractivity contribution is 7.80. The number of anilines is 1. The molecule has 33 heavy (non-hydrogen) atoms. The molecule has 0 bridgehead atoms. The number of rotatable bonds is 7. The smallest absolute Gasteiger partial charge is 0.237 e. The van der Waals surface area contributed by atoms with Crippen LogP contribution in [0.5, 0.6) is 11.5 Å². The van der Waals surface area contributed by atoms with E-state index in [2.05, 4.69) is 27.5 Å². The summed E-state index contributed by atoms with van der Waals surface area (Å²) in [5.41, 5.74) is 2.34. The molecule has 1 aromatic heterocycles. The summed E-state index contributed by atoms with van der Waals surface area (Å²) in [5, 5.41) is 9.42. The Morgan fingerprint density at radius 3 is 2.64 bits per heavy atom. The van der Waals surface area contributed by atoms with Crippen LogP contribution in [0.3, 0.4) is 0 Å². The van der Waals surface area contributed by atoms with E-state index in [1.807, 2.05) is 48.5 Å². The molecule has 2 heterocycles. The van der Waals surface area contributed by atoms with Crippen LogP contribution >= 0.6 is 12.2 Å². The Labute approximate surface area is 197 Å². The maximum absolute atomic E-state index is 13.2. The van der Waals surface area contributed by atoms with Gasteiger partial charge in [-0.15, -0.1) is 0 Å². The van der Waals surface area contributed by atoms with Crippen molar-refractivity contribution in [3.8, 4) is 11.5 Å². The van der Waals surface area contributed by atoms with Crippen molar-refractivity contribution in [2.45, 2.75) is 12.6 Å². The second-order valence-electron chi connectivity index (χ2n) is 7.47. The molecule has 7 nitrogen and oxygen atoms in total. The second-order valence-corrected chi connectivity index (χ2v) is 7.88. The third-order valence-electron chi connectivity index (χ3n) is 5.25. The van der Waals surface area contributed by atoms with E-state index in [1.54, 1.807) is 31.5 Å². The van der Waals surface area contributed by atoms with Crippen molar-refractivity contribution < 1.29 is 14.3 Å². The number of thiocarbonyl (C=S) groups is 1. The number of carbonyl (C=O) groups excluding carboxylic acids is 1. The van der Waals surface area contributed by atoms with Gasteiger partial charge in [-0.1, -0.05) is 49.0 Å². The van der Waals surface area contributed by atoms with Gasteiger partial charge in [0.15, 0.2) is 16.6 Å². The van der Waals surface area contributed by atoms with E-state index in [1.165, 1.54) is 0 Å². The van der Waals surface area contributed by atoms with Crippen LogP contribution in [0.1, 0.15) is 17.2 Å². The Bertz CT molecular complexity index is 1150. The van der Waals surface area contributed by atoms with E-state index in [-0.39, 0.29) is 5.91 Å². The molecule has 1 aliphatic rings. The summed E-state index contributed by atoms with van der Waals surface area (Å²) < 4.78 is 11.5. The van der Waals surface area contributed by atoms with Crippen LogP contribution in [0.25, 0.3) is 0 Å². The van der Waals surface area contributed by atoms with Crippen molar-refractivity contribution in [1.29, 1.82) is 0 Å². The quantitative estimate of drug-likeness (QED) is 0.460. The lowest BCUT2D eigenvalue weighted by Crippen LogP contribution is -2.51. The molecule has 1 fully saturated rings. The van der Waals surface area contributed by atoms with E-state index in [4.69, 9.17) is 21.7 Å². The fourth-order valence-electron chi connectivity index (χ4n) is 3.65. The van der Waals surface area contributed by atoms with Crippen LogP contribution in [-0.4, -0.2) is 23.1 Å². The molecule has 3 aromatic rings. The molecule has 3 N–H and O–H groups in total. The van der Waals surface area contributed by atoms with Crippen molar-refractivity contribution in [3.05, 3.63) is 96.3 Å². The molecule has 8 heteroatoms. The predicted octanol–water partition coefficient (Wildman–Crippen LogP) is 3.96. The zero-order valence-electron chi connectivity index (χ0n) is 18.1.